The van der Waals surface area contributed by atoms with Crippen LogP contribution in [0.25, 0.3) is 27.9 Å². The number of nitrogens with one attached hydrogen (secondary N) is 1. The van der Waals surface area contributed by atoms with Crippen molar-refractivity contribution in [2.45, 2.75) is 26.5 Å². The zero-order valence-corrected chi connectivity index (χ0v) is 15.8. The van der Waals surface area contributed by atoms with E-state index in [0.717, 1.165) is 16.4 Å². The Hall–Kier alpha value is -2.54. The first kappa shape index (κ1) is 15.7. The summed E-state index contributed by atoms with van der Waals surface area (Å²) in [5.41, 5.74) is 3.51. The highest BCUT2D eigenvalue weighted by Gasteiger charge is 2.19. The number of hydrogen-bond acceptors (Lipinski definition) is 2. The van der Waals surface area contributed by atoms with Crippen molar-refractivity contribution in [3.05, 3.63) is 78.4 Å². The fourth-order valence-corrected chi connectivity index (χ4v) is 5.49. The first-order chi connectivity index (χ1) is 12.8. The average Bonchev–Trinajstić information content (AvgIpc) is 3.02. The largest absolute Gasteiger partial charge is 0.354 e. The lowest BCUT2D eigenvalue weighted by Gasteiger charge is -2.18. The van der Waals surface area contributed by atoms with Gasteiger partial charge < -0.3 is 4.98 Å². The smallest absolute Gasteiger partial charge is 0.0577 e. The Morgan fingerprint density at radius 2 is 1.73 bits per heavy atom. The second kappa shape index (κ2) is 6.32. The number of hydrogen-bond donors (Lipinski definition) is 1. The number of H-pyrrole nitrogens is 1. The van der Waals surface area contributed by atoms with Crippen LogP contribution in [0.4, 0.5) is 0 Å². The van der Waals surface area contributed by atoms with Crippen LogP contribution in [-0.4, -0.2) is 4.98 Å². The van der Waals surface area contributed by atoms with Gasteiger partial charge in [-0.2, -0.15) is 0 Å². The summed E-state index contributed by atoms with van der Waals surface area (Å²) in [6, 6.07) is 21.5. The third kappa shape index (κ3) is 2.63. The molecule has 0 fully saturated rings. The molecule has 0 aliphatic carbocycles. The summed E-state index contributed by atoms with van der Waals surface area (Å²) in [7, 11) is 0. The summed E-state index contributed by atoms with van der Waals surface area (Å²) >= 11 is 3.70. The number of fused-ring (bicyclic) bond motifs is 5. The van der Waals surface area contributed by atoms with Crippen LogP contribution in [0.15, 0.2) is 80.3 Å². The minimum Gasteiger partial charge on any atom is -0.354 e. The Labute approximate surface area is 161 Å². The van der Waals surface area contributed by atoms with Crippen LogP contribution in [0.3, 0.4) is 0 Å². The van der Waals surface area contributed by atoms with Gasteiger partial charge in [0.25, 0.3) is 0 Å². The molecule has 3 aromatic carbocycles. The molecule has 26 heavy (non-hydrogen) atoms. The predicted octanol–water partition coefficient (Wildman–Crippen LogP) is 7.13. The van der Waals surface area contributed by atoms with Gasteiger partial charge in [-0.1, -0.05) is 66.0 Å². The third-order valence-electron chi connectivity index (χ3n) is 4.42. The zero-order valence-electron chi connectivity index (χ0n) is 14.2. The fraction of sp³-hybridized carbons (Fsp3) is 0.0435. The van der Waals surface area contributed by atoms with Gasteiger partial charge in [0.1, 0.15) is 0 Å². The number of aromatic nitrogens is 1. The Bertz CT molecular complexity index is 1200. The number of allylic oxidation sites excluding steroid dienone is 3. The number of rotatable bonds is 2. The van der Waals surface area contributed by atoms with Gasteiger partial charge in [-0.25, -0.2) is 0 Å². The Morgan fingerprint density at radius 3 is 2.65 bits per heavy atom. The Kier molecular flexibility index (Phi) is 3.81. The average molecular weight is 370 g/mol. The predicted molar refractivity (Wildman–Crippen MR) is 112 cm³/mol. The zero-order chi connectivity index (χ0) is 17.5. The first-order valence-electron chi connectivity index (χ1n) is 8.49. The van der Waals surface area contributed by atoms with E-state index in [-0.39, 0.29) is 0 Å². The van der Waals surface area contributed by atoms with Crippen LogP contribution in [-0.2, 0) is 0 Å². The highest BCUT2D eigenvalue weighted by molar-refractivity contribution is 8.05. The molecule has 0 atom stereocenters. The van der Waals surface area contributed by atoms with E-state index in [1.807, 2.05) is 42.6 Å². The molecule has 1 aromatic heterocycles. The lowest BCUT2D eigenvalue weighted by molar-refractivity contribution is 1.16. The molecule has 124 valence electrons. The molecule has 0 unspecified atom stereocenters. The maximum Gasteiger partial charge on any atom is 0.0577 e. The quantitative estimate of drug-likeness (QED) is 0.333. The van der Waals surface area contributed by atoms with Crippen molar-refractivity contribution in [3.8, 4) is 0 Å². The molecule has 3 heteroatoms. The summed E-state index contributed by atoms with van der Waals surface area (Å²) in [5, 5.41) is 2.33. The molecule has 1 nitrogen and oxygen atoms in total. The number of aromatic amines is 1. The van der Waals surface area contributed by atoms with Crippen LogP contribution in [0.1, 0.15) is 12.5 Å². The first-order valence-corrected chi connectivity index (χ1v) is 10.1. The molecule has 0 radical (unpaired) electrons. The van der Waals surface area contributed by atoms with Gasteiger partial charge in [-0.05, 0) is 48.9 Å². The Balaban J connectivity index is 1.59. The van der Waals surface area contributed by atoms with E-state index in [1.165, 1.54) is 30.5 Å². The fourth-order valence-electron chi connectivity index (χ4n) is 3.19. The highest BCUT2D eigenvalue weighted by atomic mass is 32.2. The molecule has 0 saturated heterocycles. The molecule has 4 aromatic rings. The van der Waals surface area contributed by atoms with Crippen molar-refractivity contribution >= 4 is 51.4 Å². The van der Waals surface area contributed by atoms with Crippen LogP contribution in [0.2, 0.25) is 0 Å². The summed E-state index contributed by atoms with van der Waals surface area (Å²) in [5.74, 6) is 0. The third-order valence-corrected chi connectivity index (χ3v) is 6.93. The van der Waals surface area contributed by atoms with Crippen LogP contribution >= 0.6 is 23.5 Å². The van der Waals surface area contributed by atoms with Gasteiger partial charge >= 0.3 is 0 Å². The van der Waals surface area contributed by atoms with Gasteiger partial charge in [0, 0.05) is 30.5 Å². The van der Waals surface area contributed by atoms with Crippen LogP contribution < -0.4 is 0 Å². The molecule has 0 amide bonds. The lowest BCUT2D eigenvalue weighted by Crippen LogP contribution is -1.90. The molecule has 0 spiro atoms. The second-order valence-corrected chi connectivity index (χ2v) is 8.32. The monoisotopic (exact) mass is 369 g/mol. The standard InChI is InChI=1S/C23H15NS2/c1-2-3-4-7-15-10-11-20-21(12-15)26-22-13-17-16-8-5-6-9-18(16)24-19(17)14-23(22)25-20/h2-4,6-7,9-14,24H,1H3/b3-2-,7-4-. The van der Waals surface area contributed by atoms with Gasteiger partial charge in [-0.15, -0.1) is 0 Å². The minimum absolute atomic E-state index is 1.12. The molecule has 1 aliphatic rings. The van der Waals surface area contributed by atoms with Crippen molar-refractivity contribution in [3.63, 3.8) is 0 Å². The molecule has 1 N–H and O–H groups in total. The molecular formula is C23H15NS2. The van der Waals surface area contributed by atoms with E-state index in [4.69, 9.17) is 0 Å². The van der Waals surface area contributed by atoms with Crippen LogP contribution in [0.5, 0.6) is 0 Å². The van der Waals surface area contributed by atoms with Crippen LogP contribution in [0, 0.1) is 12.1 Å². The summed E-state index contributed by atoms with van der Waals surface area (Å²) in [4.78, 5) is 8.76. The topological polar surface area (TPSA) is 15.8 Å². The summed E-state index contributed by atoms with van der Waals surface area (Å²) in [6.45, 7) is 2.03. The van der Waals surface area contributed by atoms with E-state index in [2.05, 4.69) is 71.7 Å². The van der Waals surface area contributed by atoms with Crippen molar-refractivity contribution in [1.29, 1.82) is 0 Å². The molecule has 0 bridgehead atoms. The van der Waals surface area contributed by atoms with E-state index in [1.54, 1.807) is 0 Å². The Morgan fingerprint density at radius 1 is 0.885 bits per heavy atom. The molecule has 2 heterocycles. The van der Waals surface area contributed by atoms with E-state index in [9.17, 15) is 0 Å². The maximum atomic E-state index is 3.50. The van der Waals surface area contributed by atoms with E-state index < -0.39 is 0 Å². The van der Waals surface area contributed by atoms with Gasteiger partial charge in [-0.3, -0.25) is 0 Å². The second-order valence-electron chi connectivity index (χ2n) is 6.16. The van der Waals surface area contributed by atoms with Gasteiger partial charge in [0.15, 0.2) is 0 Å². The van der Waals surface area contributed by atoms with Crippen molar-refractivity contribution in [2.75, 3.05) is 0 Å². The summed E-state index contributed by atoms with van der Waals surface area (Å²) < 4.78 is 0. The molecule has 5 rings (SSSR count). The molecule has 0 saturated carbocycles. The maximum absolute atomic E-state index is 3.50. The minimum atomic E-state index is 1.12. The van der Waals surface area contributed by atoms with Crippen molar-refractivity contribution in [1.82, 2.24) is 4.98 Å². The lowest BCUT2D eigenvalue weighted by atomic mass is 10.2. The molecular weight excluding hydrogens is 354 g/mol. The highest BCUT2D eigenvalue weighted by Crippen LogP contribution is 2.50. The SMILES string of the molecule is C/C=C\C=C/c1ccc2c(c1)Sc1cc3c(cc1S2)[nH]c1ccc#cc13. The van der Waals surface area contributed by atoms with Gasteiger partial charge in [0.05, 0.1) is 10.9 Å². The normalized spacial score (nSPS) is 13.4. The number of benzene rings is 2. The van der Waals surface area contributed by atoms with Crippen molar-refractivity contribution < 1.29 is 0 Å². The molecule has 1 aliphatic heterocycles. The van der Waals surface area contributed by atoms with E-state index in [0.29, 0.717) is 0 Å². The summed E-state index contributed by atoms with van der Waals surface area (Å²) in [6.07, 6.45) is 8.32. The van der Waals surface area contributed by atoms with Gasteiger partial charge in [0.2, 0.25) is 0 Å². The van der Waals surface area contributed by atoms with Crippen molar-refractivity contribution in [2.24, 2.45) is 0 Å². The van der Waals surface area contributed by atoms with E-state index >= 15 is 0 Å².